The lowest BCUT2D eigenvalue weighted by Gasteiger charge is -2.35. The third-order valence-electron chi connectivity index (χ3n) is 4.84. The van der Waals surface area contributed by atoms with Crippen molar-refractivity contribution in [1.82, 2.24) is 4.90 Å². The number of nitrogens with zero attached hydrogens (tertiary/aromatic N) is 2. The van der Waals surface area contributed by atoms with Crippen LogP contribution in [-0.4, -0.2) is 58.1 Å². The van der Waals surface area contributed by atoms with E-state index >= 15 is 0 Å². The maximum atomic E-state index is 12.9. The van der Waals surface area contributed by atoms with Gasteiger partial charge >= 0.3 is 0 Å². The Hall–Kier alpha value is -2.79. The van der Waals surface area contributed by atoms with Gasteiger partial charge in [0.05, 0.1) is 25.5 Å². The molecule has 3 rings (SSSR count). The molecule has 0 spiro atoms. The van der Waals surface area contributed by atoms with Gasteiger partial charge in [0.2, 0.25) is 0 Å². The predicted molar refractivity (Wildman–Crippen MR) is 109 cm³/mol. The van der Waals surface area contributed by atoms with Crippen LogP contribution < -0.4 is 14.4 Å². The van der Waals surface area contributed by atoms with Crippen molar-refractivity contribution in [2.45, 2.75) is 0 Å². The topological polar surface area (TPSA) is 42.0 Å². The number of piperazine rings is 1. The number of allylic oxidation sites excluding steroid dienone is 1. The van der Waals surface area contributed by atoms with Gasteiger partial charge in [-0.15, -0.1) is 0 Å². The fraction of sp³-hybridized carbons (Fsp3) is 0.318. The average molecular weight is 366 g/mol. The first-order valence-electron chi connectivity index (χ1n) is 9.09. The molecule has 0 unspecified atom stereocenters. The number of likely N-dealkylation sites (N-methyl/N-ethyl adjacent to an activating group) is 1. The highest BCUT2D eigenvalue weighted by atomic mass is 16.5. The number of ketones is 1. The Bertz CT molecular complexity index is 810. The summed E-state index contributed by atoms with van der Waals surface area (Å²) in [5.74, 6) is 1.15. The summed E-state index contributed by atoms with van der Waals surface area (Å²) in [5.41, 5.74) is 2.46. The van der Waals surface area contributed by atoms with Crippen LogP contribution in [0.4, 0.5) is 5.69 Å². The van der Waals surface area contributed by atoms with Gasteiger partial charge in [-0.05, 0) is 24.8 Å². The van der Waals surface area contributed by atoms with Crippen LogP contribution in [-0.2, 0) is 0 Å². The number of hydrogen-bond acceptors (Lipinski definition) is 5. The minimum Gasteiger partial charge on any atom is -0.496 e. The molecule has 0 bridgehead atoms. The van der Waals surface area contributed by atoms with Gasteiger partial charge in [-0.3, -0.25) is 4.79 Å². The van der Waals surface area contributed by atoms with E-state index in [0.29, 0.717) is 11.3 Å². The summed E-state index contributed by atoms with van der Waals surface area (Å²) in [7, 11) is 5.33. The lowest BCUT2D eigenvalue weighted by atomic mass is 10.1. The second-order valence-corrected chi connectivity index (χ2v) is 6.62. The number of ether oxygens (including phenoxy) is 2. The molecule has 1 fully saturated rings. The summed E-state index contributed by atoms with van der Waals surface area (Å²) in [6.45, 7) is 3.75. The third kappa shape index (κ3) is 4.49. The minimum atomic E-state index is -0.0891. The number of anilines is 1. The maximum Gasteiger partial charge on any atom is 0.189 e. The van der Waals surface area contributed by atoms with E-state index in [2.05, 4.69) is 16.8 Å². The zero-order chi connectivity index (χ0) is 19.2. The molecule has 0 amide bonds. The van der Waals surface area contributed by atoms with Crippen LogP contribution in [0.5, 0.6) is 11.5 Å². The highest BCUT2D eigenvalue weighted by Crippen LogP contribution is 2.36. The highest BCUT2D eigenvalue weighted by molar-refractivity contribution is 6.09. The molecule has 1 heterocycles. The van der Waals surface area contributed by atoms with E-state index < -0.39 is 0 Å². The van der Waals surface area contributed by atoms with Gasteiger partial charge in [0.25, 0.3) is 0 Å². The molecular weight excluding hydrogens is 340 g/mol. The lowest BCUT2D eigenvalue weighted by Crippen LogP contribution is -2.44. The van der Waals surface area contributed by atoms with Crippen LogP contribution in [0.2, 0.25) is 0 Å². The van der Waals surface area contributed by atoms with Crippen LogP contribution in [0, 0.1) is 0 Å². The molecule has 1 aliphatic rings. The fourth-order valence-electron chi connectivity index (χ4n) is 3.19. The standard InChI is InChI=1S/C22H26N2O3/c1-23-11-13-24(14-12-23)19-15-18(21(26-2)16-22(19)27-3)20(25)10-9-17-7-5-4-6-8-17/h4-10,15-16H,11-14H2,1-3H3/b10-9+. The highest BCUT2D eigenvalue weighted by Gasteiger charge is 2.22. The van der Waals surface area contributed by atoms with Gasteiger partial charge in [0, 0.05) is 32.2 Å². The summed E-state index contributed by atoms with van der Waals surface area (Å²) in [6.07, 6.45) is 3.41. The van der Waals surface area contributed by atoms with E-state index in [0.717, 1.165) is 43.2 Å². The van der Waals surface area contributed by atoms with E-state index in [-0.39, 0.29) is 5.78 Å². The molecule has 2 aromatic carbocycles. The van der Waals surface area contributed by atoms with Gasteiger partial charge in [-0.1, -0.05) is 36.4 Å². The zero-order valence-corrected chi connectivity index (χ0v) is 16.1. The van der Waals surface area contributed by atoms with Crippen molar-refractivity contribution in [1.29, 1.82) is 0 Å². The molecule has 1 saturated heterocycles. The SMILES string of the molecule is COc1cc(OC)c(N2CCN(C)CC2)cc1C(=O)/C=C/c1ccccc1. The molecule has 1 aliphatic heterocycles. The van der Waals surface area contributed by atoms with Crippen LogP contribution in [0.15, 0.2) is 48.5 Å². The summed E-state index contributed by atoms with van der Waals surface area (Å²) < 4.78 is 11.0. The van der Waals surface area contributed by atoms with Crippen molar-refractivity contribution in [2.75, 3.05) is 52.3 Å². The lowest BCUT2D eigenvalue weighted by molar-refractivity contribution is 0.104. The van der Waals surface area contributed by atoms with Crippen LogP contribution in [0.1, 0.15) is 15.9 Å². The molecule has 0 aliphatic carbocycles. The van der Waals surface area contributed by atoms with Gasteiger partial charge in [-0.2, -0.15) is 0 Å². The van der Waals surface area contributed by atoms with Gasteiger partial charge in [-0.25, -0.2) is 0 Å². The summed E-state index contributed by atoms with van der Waals surface area (Å²) in [4.78, 5) is 17.4. The average Bonchev–Trinajstić information content (AvgIpc) is 2.72. The van der Waals surface area contributed by atoms with Crippen LogP contribution in [0.25, 0.3) is 6.08 Å². The molecule has 0 radical (unpaired) electrons. The van der Waals surface area contributed by atoms with Gasteiger partial charge in [0.15, 0.2) is 5.78 Å². The smallest absolute Gasteiger partial charge is 0.189 e. The van der Waals surface area contributed by atoms with Crippen molar-refractivity contribution in [3.8, 4) is 11.5 Å². The largest absolute Gasteiger partial charge is 0.496 e. The van der Waals surface area contributed by atoms with Gasteiger partial charge < -0.3 is 19.3 Å². The maximum absolute atomic E-state index is 12.9. The monoisotopic (exact) mass is 366 g/mol. The van der Waals surface area contributed by atoms with Crippen LogP contribution >= 0.6 is 0 Å². The summed E-state index contributed by atoms with van der Waals surface area (Å²) in [6, 6.07) is 13.5. The molecule has 27 heavy (non-hydrogen) atoms. The Morgan fingerprint density at radius 3 is 2.26 bits per heavy atom. The second-order valence-electron chi connectivity index (χ2n) is 6.62. The molecule has 0 saturated carbocycles. The Labute approximate surface area is 160 Å². The number of methoxy groups -OCH3 is 2. The van der Waals surface area contributed by atoms with E-state index in [1.165, 1.54) is 0 Å². The quantitative estimate of drug-likeness (QED) is 0.579. The predicted octanol–water partition coefficient (Wildman–Crippen LogP) is 3.35. The van der Waals surface area contributed by atoms with Crippen molar-refractivity contribution in [3.63, 3.8) is 0 Å². The Morgan fingerprint density at radius 1 is 0.963 bits per heavy atom. The third-order valence-corrected chi connectivity index (χ3v) is 4.84. The normalized spacial score (nSPS) is 15.1. The molecule has 0 aromatic heterocycles. The number of carbonyl (C=O) groups excluding carboxylic acids is 1. The first kappa shape index (κ1) is 19.0. The molecular formula is C22H26N2O3. The van der Waals surface area contributed by atoms with Crippen molar-refractivity contribution in [3.05, 3.63) is 59.7 Å². The van der Waals surface area contributed by atoms with Crippen LogP contribution in [0.3, 0.4) is 0 Å². The molecule has 5 nitrogen and oxygen atoms in total. The first-order valence-corrected chi connectivity index (χ1v) is 9.09. The van der Waals surface area contributed by atoms with Crippen molar-refractivity contribution >= 4 is 17.5 Å². The first-order chi connectivity index (χ1) is 13.1. The molecule has 0 atom stereocenters. The second kappa shape index (κ2) is 8.73. The molecule has 0 N–H and O–H groups in total. The minimum absolute atomic E-state index is 0.0891. The number of benzene rings is 2. The van der Waals surface area contributed by atoms with Gasteiger partial charge in [0.1, 0.15) is 11.5 Å². The Morgan fingerprint density at radius 2 is 1.63 bits per heavy atom. The van der Waals surface area contributed by atoms with E-state index in [4.69, 9.17) is 9.47 Å². The number of rotatable bonds is 6. The summed E-state index contributed by atoms with van der Waals surface area (Å²) in [5, 5.41) is 0. The van der Waals surface area contributed by atoms with E-state index in [1.54, 1.807) is 26.4 Å². The number of carbonyl (C=O) groups is 1. The number of hydrogen-bond donors (Lipinski definition) is 0. The fourth-order valence-corrected chi connectivity index (χ4v) is 3.19. The van der Waals surface area contributed by atoms with E-state index in [9.17, 15) is 4.79 Å². The summed E-state index contributed by atoms with van der Waals surface area (Å²) >= 11 is 0. The molecule has 2 aromatic rings. The Balaban J connectivity index is 1.92. The van der Waals surface area contributed by atoms with Crippen molar-refractivity contribution < 1.29 is 14.3 Å². The zero-order valence-electron chi connectivity index (χ0n) is 16.1. The molecule has 5 heteroatoms. The van der Waals surface area contributed by atoms with Crippen molar-refractivity contribution in [2.24, 2.45) is 0 Å². The molecule has 142 valence electrons. The van der Waals surface area contributed by atoms with E-state index in [1.807, 2.05) is 42.5 Å². The Kier molecular flexibility index (Phi) is 6.14.